The Morgan fingerprint density at radius 2 is 2.00 bits per heavy atom. The number of nitrogens with one attached hydrogen (secondary N) is 1. The van der Waals surface area contributed by atoms with Gasteiger partial charge < -0.3 is 5.32 Å². The molecule has 0 saturated carbocycles. The number of anilines is 1. The third-order valence-electron chi connectivity index (χ3n) is 3.69. The van der Waals surface area contributed by atoms with Crippen LogP contribution in [0.2, 0.25) is 25.7 Å². The molecule has 124 valence electrons. The normalized spacial score (nSPS) is 13.0. The van der Waals surface area contributed by atoms with Crippen LogP contribution in [0.25, 0.3) is 0 Å². The molecule has 1 aromatic heterocycles. The van der Waals surface area contributed by atoms with E-state index in [2.05, 4.69) is 65.6 Å². The van der Waals surface area contributed by atoms with Crippen LogP contribution in [0.15, 0.2) is 30.5 Å². The average molecular weight is 441 g/mol. The highest BCUT2D eigenvalue weighted by Crippen LogP contribution is 2.31. The summed E-state index contributed by atoms with van der Waals surface area (Å²) in [6.45, 7) is 9.38. The van der Waals surface area contributed by atoms with Crippen molar-refractivity contribution in [1.29, 1.82) is 0 Å². The fourth-order valence-corrected chi connectivity index (χ4v) is 5.65. The highest BCUT2D eigenvalue weighted by molar-refractivity contribution is 14.1. The first kappa shape index (κ1) is 18.2. The molecular weight excluding hydrogens is 417 g/mol. The molecule has 0 aliphatic rings. The molecule has 2 aromatic rings. The third kappa shape index (κ3) is 4.91. The first-order chi connectivity index (χ1) is 10.7. The zero-order valence-corrected chi connectivity index (χ0v) is 17.5. The molecule has 23 heavy (non-hydrogen) atoms. The van der Waals surface area contributed by atoms with E-state index >= 15 is 0 Å². The lowest BCUT2D eigenvalue weighted by molar-refractivity contribution is 0.102. The van der Waals surface area contributed by atoms with Crippen LogP contribution in [0.4, 0.5) is 5.69 Å². The monoisotopic (exact) mass is 441 g/mol. The van der Waals surface area contributed by atoms with E-state index in [1.54, 1.807) is 10.9 Å². The summed E-state index contributed by atoms with van der Waals surface area (Å²) in [7, 11) is 0.660. The van der Waals surface area contributed by atoms with Crippen molar-refractivity contribution in [2.45, 2.75) is 38.5 Å². The molecule has 0 fully saturated rings. The number of para-hydroxylation sites is 1. The highest BCUT2D eigenvalue weighted by atomic mass is 127. The molecule has 0 bridgehead atoms. The van der Waals surface area contributed by atoms with Gasteiger partial charge in [0.1, 0.15) is 3.70 Å². The van der Waals surface area contributed by atoms with E-state index in [1.807, 2.05) is 25.2 Å². The van der Waals surface area contributed by atoms with Crippen LogP contribution in [0, 0.1) is 3.70 Å². The number of amides is 1. The maximum absolute atomic E-state index is 12.5. The minimum absolute atomic E-state index is 0.102. The van der Waals surface area contributed by atoms with Crippen molar-refractivity contribution in [3.63, 3.8) is 0 Å². The standard InChI is InChI=1S/C17H24IN3OSi/c1-12(11-23(3,4)5)13-8-6-7-9-15(13)19-17(22)14-10-21(2)20-16(14)18/h6-10,12H,11H2,1-5H3,(H,19,22). The van der Waals surface area contributed by atoms with Crippen LogP contribution in [0.5, 0.6) is 0 Å². The fraction of sp³-hybridized carbons (Fsp3) is 0.412. The van der Waals surface area contributed by atoms with Crippen LogP contribution in [-0.2, 0) is 7.05 Å². The number of rotatable bonds is 5. The lowest BCUT2D eigenvalue weighted by Gasteiger charge is -2.23. The number of aryl methyl sites for hydroxylation is 1. The van der Waals surface area contributed by atoms with Gasteiger partial charge in [-0.3, -0.25) is 9.48 Å². The van der Waals surface area contributed by atoms with Gasteiger partial charge in [0.05, 0.1) is 5.56 Å². The zero-order valence-electron chi connectivity index (χ0n) is 14.4. The van der Waals surface area contributed by atoms with E-state index < -0.39 is 8.07 Å². The van der Waals surface area contributed by atoms with E-state index in [1.165, 1.54) is 11.6 Å². The minimum Gasteiger partial charge on any atom is -0.322 e. The van der Waals surface area contributed by atoms with Gasteiger partial charge in [-0.1, -0.05) is 50.8 Å². The summed E-state index contributed by atoms with van der Waals surface area (Å²) in [5.74, 6) is 0.335. The number of nitrogens with zero attached hydrogens (tertiary/aromatic N) is 2. The molecule has 1 atom stereocenters. The molecule has 1 amide bonds. The SMILES string of the molecule is CC(C[Si](C)(C)C)c1ccccc1NC(=O)c1cn(C)nc1I. The summed E-state index contributed by atoms with van der Waals surface area (Å²) in [5, 5.41) is 7.29. The molecular formula is C17H24IN3OSi. The molecule has 0 spiro atoms. The first-order valence-corrected chi connectivity index (χ1v) is 12.6. The van der Waals surface area contributed by atoms with Gasteiger partial charge in [-0.05, 0) is 40.1 Å². The van der Waals surface area contributed by atoms with Gasteiger partial charge in [0, 0.05) is 27.0 Å². The molecule has 1 heterocycles. The van der Waals surface area contributed by atoms with Gasteiger partial charge in [0.25, 0.3) is 5.91 Å². The van der Waals surface area contributed by atoms with E-state index in [-0.39, 0.29) is 5.91 Å². The quantitative estimate of drug-likeness (QED) is 0.539. The number of carbonyl (C=O) groups excluding carboxylic acids is 1. The summed E-state index contributed by atoms with van der Waals surface area (Å²) >= 11 is 2.09. The second kappa shape index (κ2) is 7.17. The predicted octanol–water partition coefficient (Wildman–Crippen LogP) is 4.72. The van der Waals surface area contributed by atoms with Gasteiger partial charge in [0.2, 0.25) is 0 Å². The number of carbonyl (C=O) groups is 1. The van der Waals surface area contributed by atoms with Gasteiger partial charge in [-0.25, -0.2) is 0 Å². The van der Waals surface area contributed by atoms with Crippen LogP contribution >= 0.6 is 22.6 Å². The summed E-state index contributed by atoms with van der Waals surface area (Å²) in [4.78, 5) is 12.5. The summed E-state index contributed by atoms with van der Waals surface area (Å²) < 4.78 is 2.38. The van der Waals surface area contributed by atoms with Crippen molar-refractivity contribution >= 4 is 42.3 Å². The maximum Gasteiger partial charge on any atom is 0.259 e. The van der Waals surface area contributed by atoms with Gasteiger partial charge in [-0.15, -0.1) is 0 Å². The molecule has 4 nitrogen and oxygen atoms in total. The average Bonchev–Trinajstić information content (AvgIpc) is 2.76. The number of hydrogen-bond donors (Lipinski definition) is 1. The van der Waals surface area contributed by atoms with E-state index in [0.29, 0.717) is 11.5 Å². The third-order valence-corrected chi connectivity index (χ3v) is 6.32. The Morgan fingerprint density at radius 3 is 2.57 bits per heavy atom. The van der Waals surface area contributed by atoms with Crippen molar-refractivity contribution in [3.05, 3.63) is 45.3 Å². The van der Waals surface area contributed by atoms with Crippen molar-refractivity contribution < 1.29 is 4.79 Å². The second-order valence-corrected chi connectivity index (χ2v) is 13.8. The topological polar surface area (TPSA) is 46.9 Å². The number of benzene rings is 1. The second-order valence-electron chi connectivity index (χ2n) is 7.21. The molecule has 1 N–H and O–H groups in total. The van der Waals surface area contributed by atoms with Crippen LogP contribution in [0.3, 0.4) is 0 Å². The summed E-state index contributed by atoms with van der Waals surface area (Å²) in [5.41, 5.74) is 2.73. The Balaban J connectivity index is 2.24. The molecule has 1 unspecified atom stereocenters. The van der Waals surface area contributed by atoms with Crippen LogP contribution in [0.1, 0.15) is 28.8 Å². The fourth-order valence-electron chi connectivity index (χ4n) is 2.87. The largest absolute Gasteiger partial charge is 0.322 e. The Labute approximate surface area is 152 Å². The number of halogens is 1. The first-order valence-electron chi connectivity index (χ1n) is 7.77. The molecule has 0 saturated heterocycles. The highest BCUT2D eigenvalue weighted by Gasteiger charge is 2.21. The van der Waals surface area contributed by atoms with Crippen LogP contribution in [-0.4, -0.2) is 23.8 Å². The van der Waals surface area contributed by atoms with Gasteiger partial charge in [-0.2, -0.15) is 5.10 Å². The Hall–Kier alpha value is -1.15. The molecule has 0 aliphatic carbocycles. The predicted molar refractivity (Wildman–Crippen MR) is 107 cm³/mol. The molecule has 6 heteroatoms. The Morgan fingerprint density at radius 1 is 1.35 bits per heavy atom. The maximum atomic E-state index is 12.5. The molecule has 2 rings (SSSR count). The van der Waals surface area contributed by atoms with Gasteiger partial charge in [0.15, 0.2) is 0 Å². The van der Waals surface area contributed by atoms with Crippen molar-refractivity contribution in [2.24, 2.45) is 7.05 Å². The molecule has 0 radical (unpaired) electrons. The van der Waals surface area contributed by atoms with Crippen molar-refractivity contribution in [2.75, 3.05) is 5.32 Å². The van der Waals surface area contributed by atoms with Crippen LogP contribution < -0.4 is 5.32 Å². The summed E-state index contributed by atoms with van der Waals surface area (Å²) in [6, 6.07) is 9.31. The molecule has 0 aliphatic heterocycles. The number of aromatic nitrogens is 2. The summed E-state index contributed by atoms with van der Waals surface area (Å²) in [6.07, 6.45) is 1.76. The lowest BCUT2D eigenvalue weighted by Crippen LogP contribution is -2.22. The lowest BCUT2D eigenvalue weighted by atomic mass is 10.0. The zero-order chi connectivity index (χ0) is 17.2. The van der Waals surface area contributed by atoms with Crippen molar-refractivity contribution in [1.82, 2.24) is 9.78 Å². The van der Waals surface area contributed by atoms with E-state index in [0.717, 1.165) is 9.39 Å². The van der Waals surface area contributed by atoms with Crippen molar-refractivity contribution in [3.8, 4) is 0 Å². The smallest absolute Gasteiger partial charge is 0.259 e. The molecule has 1 aromatic carbocycles. The number of hydrogen-bond acceptors (Lipinski definition) is 2. The Bertz CT molecular complexity index is 706. The minimum atomic E-state index is -1.16. The van der Waals surface area contributed by atoms with E-state index in [4.69, 9.17) is 0 Å². The van der Waals surface area contributed by atoms with E-state index in [9.17, 15) is 4.79 Å². The Kier molecular flexibility index (Phi) is 5.67. The van der Waals surface area contributed by atoms with Gasteiger partial charge >= 0.3 is 0 Å².